The summed E-state index contributed by atoms with van der Waals surface area (Å²) in [6, 6.07) is 0.653. The Bertz CT molecular complexity index is 218. The molecule has 1 fully saturated rings. The summed E-state index contributed by atoms with van der Waals surface area (Å²) in [4.78, 5) is 11.3. The van der Waals surface area contributed by atoms with Crippen molar-refractivity contribution >= 4 is 6.09 Å². The molecule has 1 heterocycles. The van der Waals surface area contributed by atoms with Gasteiger partial charge in [0.1, 0.15) is 5.60 Å². The van der Waals surface area contributed by atoms with Crippen LogP contribution in [0.25, 0.3) is 0 Å². The van der Waals surface area contributed by atoms with E-state index < -0.39 is 5.60 Å². The van der Waals surface area contributed by atoms with Crippen LogP contribution in [0.5, 0.6) is 0 Å². The van der Waals surface area contributed by atoms with Crippen molar-refractivity contribution in [2.24, 2.45) is 0 Å². The predicted molar refractivity (Wildman–Crippen MR) is 64.5 cm³/mol. The molecule has 94 valence electrons. The molecule has 1 amide bonds. The van der Waals surface area contributed by atoms with Gasteiger partial charge in [-0.2, -0.15) is 0 Å². The Morgan fingerprint density at radius 2 is 2.25 bits per heavy atom. The maximum absolute atomic E-state index is 11.3. The van der Waals surface area contributed by atoms with Gasteiger partial charge in [0.15, 0.2) is 0 Å². The van der Waals surface area contributed by atoms with Crippen molar-refractivity contribution in [2.75, 3.05) is 13.1 Å². The van der Waals surface area contributed by atoms with Crippen LogP contribution in [-0.4, -0.2) is 30.8 Å². The number of amides is 1. The molecule has 1 rings (SSSR count). The molecule has 0 aromatic carbocycles. The van der Waals surface area contributed by atoms with Crippen molar-refractivity contribution in [3.63, 3.8) is 0 Å². The summed E-state index contributed by atoms with van der Waals surface area (Å²) < 4.78 is 5.14. The first kappa shape index (κ1) is 13.3. The van der Waals surface area contributed by atoms with Gasteiger partial charge in [-0.3, -0.25) is 0 Å². The van der Waals surface area contributed by atoms with E-state index in [1.165, 1.54) is 12.8 Å². The van der Waals surface area contributed by atoms with Crippen LogP contribution in [0.2, 0.25) is 0 Å². The molecular formula is C12H24N2O2. The Labute approximate surface area is 98.1 Å². The van der Waals surface area contributed by atoms with Gasteiger partial charge in [-0.15, -0.1) is 0 Å². The average molecular weight is 228 g/mol. The van der Waals surface area contributed by atoms with Gasteiger partial charge in [0.05, 0.1) is 0 Å². The van der Waals surface area contributed by atoms with E-state index in [1.54, 1.807) is 0 Å². The lowest BCUT2D eigenvalue weighted by Gasteiger charge is -2.19. The molecule has 0 radical (unpaired) electrons. The normalized spacial score (nSPS) is 20.8. The molecule has 0 aromatic heterocycles. The van der Waals surface area contributed by atoms with Crippen LogP contribution in [0.4, 0.5) is 4.79 Å². The van der Waals surface area contributed by atoms with Gasteiger partial charge in [0.25, 0.3) is 0 Å². The molecule has 0 bridgehead atoms. The largest absolute Gasteiger partial charge is 0.444 e. The van der Waals surface area contributed by atoms with Gasteiger partial charge in [-0.1, -0.05) is 0 Å². The summed E-state index contributed by atoms with van der Waals surface area (Å²) in [5.41, 5.74) is -0.406. The van der Waals surface area contributed by atoms with E-state index in [2.05, 4.69) is 10.6 Å². The van der Waals surface area contributed by atoms with Crippen LogP contribution >= 0.6 is 0 Å². The number of nitrogens with one attached hydrogen (secondary N) is 2. The van der Waals surface area contributed by atoms with Gasteiger partial charge in [-0.05, 0) is 53.0 Å². The summed E-state index contributed by atoms with van der Waals surface area (Å²) in [6.45, 7) is 7.45. The predicted octanol–water partition coefficient (Wildman–Crippen LogP) is 2.04. The number of rotatable bonds is 4. The average Bonchev–Trinajstić information content (AvgIpc) is 2.62. The van der Waals surface area contributed by atoms with E-state index in [0.717, 1.165) is 19.4 Å². The first-order valence-electron chi connectivity index (χ1n) is 6.17. The van der Waals surface area contributed by atoms with Crippen molar-refractivity contribution in [3.05, 3.63) is 0 Å². The Morgan fingerprint density at radius 1 is 1.50 bits per heavy atom. The zero-order valence-corrected chi connectivity index (χ0v) is 10.6. The van der Waals surface area contributed by atoms with Crippen LogP contribution in [-0.2, 0) is 4.74 Å². The van der Waals surface area contributed by atoms with Gasteiger partial charge in [0.2, 0.25) is 0 Å². The van der Waals surface area contributed by atoms with Crippen molar-refractivity contribution in [1.82, 2.24) is 10.6 Å². The summed E-state index contributed by atoms with van der Waals surface area (Å²) in [5.74, 6) is 0. The SMILES string of the molecule is CC(C)(C)OC(=O)NCCC[C@H]1CCCN1. The second-order valence-corrected chi connectivity index (χ2v) is 5.36. The van der Waals surface area contributed by atoms with E-state index in [4.69, 9.17) is 4.74 Å². The third kappa shape index (κ3) is 5.95. The van der Waals surface area contributed by atoms with Gasteiger partial charge < -0.3 is 15.4 Å². The molecule has 0 saturated carbocycles. The minimum atomic E-state index is -0.406. The number of ether oxygens (including phenoxy) is 1. The maximum atomic E-state index is 11.3. The fraction of sp³-hybridized carbons (Fsp3) is 0.917. The molecule has 0 aromatic rings. The maximum Gasteiger partial charge on any atom is 0.407 e. The summed E-state index contributed by atoms with van der Waals surface area (Å²) in [6.07, 6.45) is 4.38. The molecule has 1 atom stereocenters. The van der Waals surface area contributed by atoms with E-state index >= 15 is 0 Å². The highest BCUT2D eigenvalue weighted by Crippen LogP contribution is 2.10. The topological polar surface area (TPSA) is 50.4 Å². The van der Waals surface area contributed by atoms with E-state index in [-0.39, 0.29) is 6.09 Å². The Kier molecular flexibility index (Phi) is 5.06. The Balaban J connectivity index is 2.00. The zero-order valence-electron chi connectivity index (χ0n) is 10.6. The molecular weight excluding hydrogens is 204 g/mol. The van der Waals surface area contributed by atoms with Crippen molar-refractivity contribution in [1.29, 1.82) is 0 Å². The molecule has 1 aliphatic heterocycles. The summed E-state index contributed by atoms with van der Waals surface area (Å²) >= 11 is 0. The lowest BCUT2D eigenvalue weighted by atomic mass is 10.1. The van der Waals surface area contributed by atoms with E-state index in [0.29, 0.717) is 12.6 Å². The standard InChI is InChI=1S/C12H24N2O2/c1-12(2,3)16-11(15)14-9-5-7-10-6-4-8-13-10/h10,13H,4-9H2,1-3H3,(H,14,15)/t10-/m1/s1. The smallest absolute Gasteiger partial charge is 0.407 e. The highest BCUT2D eigenvalue weighted by atomic mass is 16.6. The van der Waals surface area contributed by atoms with Crippen molar-refractivity contribution < 1.29 is 9.53 Å². The first-order chi connectivity index (χ1) is 7.47. The monoisotopic (exact) mass is 228 g/mol. The number of carbonyl (C=O) groups excluding carboxylic acids is 1. The highest BCUT2D eigenvalue weighted by molar-refractivity contribution is 5.67. The molecule has 0 spiro atoms. The Hall–Kier alpha value is -0.770. The molecule has 1 aliphatic rings. The number of hydrogen-bond acceptors (Lipinski definition) is 3. The van der Waals surface area contributed by atoms with E-state index in [1.807, 2.05) is 20.8 Å². The molecule has 4 nitrogen and oxygen atoms in total. The van der Waals surface area contributed by atoms with Crippen LogP contribution in [0.15, 0.2) is 0 Å². The van der Waals surface area contributed by atoms with Crippen LogP contribution in [0.1, 0.15) is 46.5 Å². The minimum Gasteiger partial charge on any atom is -0.444 e. The third-order valence-corrected chi connectivity index (χ3v) is 2.56. The van der Waals surface area contributed by atoms with Crippen LogP contribution in [0, 0.1) is 0 Å². The fourth-order valence-corrected chi connectivity index (χ4v) is 1.86. The molecule has 4 heteroatoms. The van der Waals surface area contributed by atoms with Gasteiger partial charge in [0, 0.05) is 12.6 Å². The quantitative estimate of drug-likeness (QED) is 0.724. The summed E-state index contributed by atoms with van der Waals surface area (Å²) in [5, 5.41) is 6.21. The van der Waals surface area contributed by atoms with Crippen molar-refractivity contribution in [3.8, 4) is 0 Å². The lowest BCUT2D eigenvalue weighted by molar-refractivity contribution is 0.0526. The third-order valence-electron chi connectivity index (χ3n) is 2.56. The first-order valence-corrected chi connectivity index (χ1v) is 6.17. The second-order valence-electron chi connectivity index (χ2n) is 5.36. The van der Waals surface area contributed by atoms with Crippen molar-refractivity contribution in [2.45, 2.75) is 58.1 Å². The van der Waals surface area contributed by atoms with Crippen LogP contribution in [0.3, 0.4) is 0 Å². The molecule has 16 heavy (non-hydrogen) atoms. The molecule has 0 unspecified atom stereocenters. The highest BCUT2D eigenvalue weighted by Gasteiger charge is 2.16. The number of alkyl carbamates (subject to hydrolysis) is 1. The Morgan fingerprint density at radius 3 is 2.81 bits per heavy atom. The fourth-order valence-electron chi connectivity index (χ4n) is 1.86. The van der Waals surface area contributed by atoms with E-state index in [9.17, 15) is 4.79 Å². The summed E-state index contributed by atoms with van der Waals surface area (Å²) in [7, 11) is 0. The van der Waals surface area contributed by atoms with Gasteiger partial charge >= 0.3 is 6.09 Å². The van der Waals surface area contributed by atoms with Crippen LogP contribution < -0.4 is 10.6 Å². The van der Waals surface area contributed by atoms with Gasteiger partial charge in [-0.25, -0.2) is 4.79 Å². The zero-order chi connectivity index (χ0) is 12.0. The number of carbonyl (C=O) groups is 1. The molecule has 0 aliphatic carbocycles. The molecule has 1 saturated heterocycles. The number of hydrogen-bond donors (Lipinski definition) is 2. The molecule has 2 N–H and O–H groups in total. The second kappa shape index (κ2) is 6.09. The lowest BCUT2D eigenvalue weighted by Crippen LogP contribution is -2.33. The minimum absolute atomic E-state index is 0.313.